The molecule has 212 valence electrons. The predicted octanol–water partition coefficient (Wildman–Crippen LogP) is 9.25. The summed E-state index contributed by atoms with van der Waals surface area (Å²) in [6.45, 7) is 26.1. The van der Waals surface area contributed by atoms with Crippen LogP contribution in [0.3, 0.4) is 0 Å². The lowest BCUT2D eigenvalue weighted by molar-refractivity contribution is -0.131. The highest BCUT2D eigenvalue weighted by Crippen LogP contribution is 2.39. The fraction of sp³-hybridized carbons (Fsp3) is 0.567. The number of allylic oxidation sites excluding steroid dienone is 1. The highest BCUT2D eigenvalue weighted by molar-refractivity contribution is 7.13. The Bertz CT molecular complexity index is 1120. The standard InChI is InChI=1S/C30H48O5SSi2/c1-12-22(18-28(31)32)27-16-15-26(36-27)21-33-25-14-13-23(19-34-37(8,9)29(2,3)4)24(17-25)20-35-38(10,11)30(5,6)7/h13-18H,12,19-21H2,1-11H3,(H,31,32)/b22-18+. The molecule has 0 amide bonds. The molecule has 0 bridgehead atoms. The molecule has 0 saturated heterocycles. The lowest BCUT2D eigenvalue weighted by Gasteiger charge is -2.37. The van der Waals surface area contributed by atoms with E-state index >= 15 is 0 Å². The van der Waals surface area contributed by atoms with Gasteiger partial charge in [0.15, 0.2) is 16.6 Å². The van der Waals surface area contributed by atoms with Crippen molar-refractivity contribution >= 4 is 39.5 Å². The lowest BCUT2D eigenvalue weighted by Crippen LogP contribution is -2.41. The maximum atomic E-state index is 11.1. The number of carbonyl (C=O) groups is 1. The minimum absolute atomic E-state index is 0.127. The fourth-order valence-electron chi connectivity index (χ4n) is 3.20. The first-order valence-corrected chi connectivity index (χ1v) is 20.0. The van der Waals surface area contributed by atoms with Crippen LogP contribution in [0.4, 0.5) is 0 Å². The molecule has 0 saturated carbocycles. The Morgan fingerprint density at radius 3 is 1.92 bits per heavy atom. The molecule has 2 rings (SSSR count). The number of carboxylic acid groups (broad SMARTS) is 1. The first-order chi connectivity index (χ1) is 17.4. The van der Waals surface area contributed by atoms with Crippen molar-refractivity contribution in [3.05, 3.63) is 57.3 Å². The molecule has 0 unspecified atom stereocenters. The summed E-state index contributed by atoms with van der Waals surface area (Å²) in [4.78, 5) is 13.1. The molecular formula is C30H48O5SSi2. The van der Waals surface area contributed by atoms with Gasteiger partial charge >= 0.3 is 5.97 Å². The highest BCUT2D eigenvalue weighted by Gasteiger charge is 2.38. The van der Waals surface area contributed by atoms with Crippen LogP contribution >= 0.6 is 11.3 Å². The van der Waals surface area contributed by atoms with E-state index in [1.54, 1.807) is 11.3 Å². The molecular weight excluding hydrogens is 529 g/mol. The smallest absolute Gasteiger partial charge is 0.328 e. The number of hydrogen-bond acceptors (Lipinski definition) is 5. The van der Waals surface area contributed by atoms with Crippen molar-refractivity contribution in [2.24, 2.45) is 0 Å². The summed E-state index contributed by atoms with van der Waals surface area (Å²) in [6, 6.07) is 10.2. The van der Waals surface area contributed by atoms with Gasteiger partial charge in [-0.25, -0.2) is 4.79 Å². The van der Waals surface area contributed by atoms with Crippen LogP contribution in [0, 0.1) is 0 Å². The van der Waals surface area contributed by atoms with Crippen LogP contribution in [0.5, 0.6) is 5.75 Å². The van der Waals surface area contributed by atoms with Gasteiger partial charge in [-0.2, -0.15) is 0 Å². The average molecular weight is 577 g/mol. The largest absolute Gasteiger partial charge is 0.488 e. The molecule has 38 heavy (non-hydrogen) atoms. The van der Waals surface area contributed by atoms with Crippen molar-refractivity contribution in [3.63, 3.8) is 0 Å². The van der Waals surface area contributed by atoms with E-state index in [1.165, 1.54) is 6.08 Å². The highest BCUT2D eigenvalue weighted by atomic mass is 32.1. The van der Waals surface area contributed by atoms with Gasteiger partial charge in [-0.1, -0.05) is 54.5 Å². The molecule has 0 aliphatic heterocycles. The number of rotatable bonds is 12. The van der Waals surface area contributed by atoms with Crippen molar-refractivity contribution in [1.82, 2.24) is 0 Å². The first-order valence-electron chi connectivity index (χ1n) is 13.4. The molecule has 8 heteroatoms. The Labute approximate surface area is 236 Å². The molecule has 0 aliphatic rings. The Hall–Kier alpha value is -1.72. The second-order valence-electron chi connectivity index (χ2n) is 12.9. The molecule has 1 aromatic carbocycles. The summed E-state index contributed by atoms with van der Waals surface area (Å²) in [6.07, 6.45) is 1.96. The maximum absolute atomic E-state index is 11.1. The molecule has 1 aromatic heterocycles. The zero-order valence-corrected chi connectivity index (χ0v) is 28.1. The number of carboxylic acids is 1. The van der Waals surface area contributed by atoms with Gasteiger partial charge in [-0.15, -0.1) is 11.3 Å². The Kier molecular flexibility index (Phi) is 10.8. The van der Waals surface area contributed by atoms with Gasteiger partial charge < -0.3 is 18.7 Å². The van der Waals surface area contributed by atoms with Gasteiger partial charge in [0, 0.05) is 15.8 Å². The minimum atomic E-state index is -1.93. The first kappa shape index (κ1) is 32.5. The van der Waals surface area contributed by atoms with Crippen LogP contribution < -0.4 is 4.74 Å². The van der Waals surface area contributed by atoms with E-state index in [-0.39, 0.29) is 10.1 Å². The molecule has 0 fully saturated rings. The van der Waals surface area contributed by atoms with Crippen LogP contribution in [-0.4, -0.2) is 27.7 Å². The van der Waals surface area contributed by atoms with E-state index in [0.29, 0.717) is 26.2 Å². The number of thiophene rings is 1. The van der Waals surface area contributed by atoms with Crippen LogP contribution in [0.25, 0.3) is 5.57 Å². The summed E-state index contributed by atoms with van der Waals surface area (Å²) >= 11 is 1.57. The van der Waals surface area contributed by atoms with Gasteiger partial charge in [0.25, 0.3) is 0 Å². The van der Waals surface area contributed by atoms with E-state index in [0.717, 1.165) is 32.2 Å². The van der Waals surface area contributed by atoms with Crippen molar-refractivity contribution in [3.8, 4) is 5.75 Å². The molecule has 5 nitrogen and oxygen atoms in total. The van der Waals surface area contributed by atoms with E-state index in [2.05, 4.69) is 79.9 Å². The minimum Gasteiger partial charge on any atom is -0.488 e. The van der Waals surface area contributed by atoms with Gasteiger partial charge in [-0.05, 0) is 83.7 Å². The Morgan fingerprint density at radius 1 is 0.868 bits per heavy atom. The second kappa shape index (κ2) is 12.6. The van der Waals surface area contributed by atoms with E-state index in [9.17, 15) is 4.79 Å². The molecule has 1 N–H and O–H groups in total. The normalized spacial score (nSPS) is 13.6. The quantitative estimate of drug-likeness (QED) is 0.201. The topological polar surface area (TPSA) is 65.0 Å². The average Bonchev–Trinajstić information content (AvgIpc) is 3.26. The SMILES string of the molecule is CC/C(=C\C(=O)O)c1ccc(COc2ccc(CO[Si](C)(C)C(C)(C)C)c(CO[Si](C)(C)C(C)(C)C)c2)s1. The Balaban J connectivity index is 2.25. The summed E-state index contributed by atoms with van der Waals surface area (Å²) in [5.41, 5.74) is 3.08. The molecule has 0 aliphatic carbocycles. The molecule has 2 aromatic rings. The molecule has 0 radical (unpaired) electrons. The summed E-state index contributed by atoms with van der Waals surface area (Å²) in [5, 5.41) is 9.40. The zero-order chi connectivity index (χ0) is 28.9. The van der Waals surface area contributed by atoms with Gasteiger partial charge in [0.05, 0.1) is 13.2 Å². The van der Waals surface area contributed by atoms with Gasteiger partial charge in [0.2, 0.25) is 0 Å². The van der Waals surface area contributed by atoms with Crippen LogP contribution in [0.2, 0.25) is 36.3 Å². The summed E-state index contributed by atoms with van der Waals surface area (Å²) < 4.78 is 19.4. The van der Waals surface area contributed by atoms with Crippen LogP contribution in [-0.2, 0) is 33.5 Å². The number of benzene rings is 1. The molecule has 0 spiro atoms. The van der Waals surface area contributed by atoms with Crippen molar-refractivity contribution in [2.75, 3.05) is 0 Å². The molecule has 0 atom stereocenters. The number of ether oxygens (including phenoxy) is 1. The Morgan fingerprint density at radius 2 is 1.42 bits per heavy atom. The van der Waals surface area contributed by atoms with Gasteiger partial charge in [-0.3, -0.25) is 0 Å². The molecule has 1 heterocycles. The maximum Gasteiger partial charge on any atom is 0.328 e. The van der Waals surface area contributed by atoms with Gasteiger partial charge in [0.1, 0.15) is 12.4 Å². The van der Waals surface area contributed by atoms with E-state index in [4.69, 9.17) is 18.7 Å². The lowest BCUT2D eigenvalue weighted by atomic mass is 10.1. The predicted molar refractivity (Wildman–Crippen MR) is 165 cm³/mol. The van der Waals surface area contributed by atoms with Crippen molar-refractivity contribution in [2.45, 2.75) is 111 Å². The fourth-order valence-corrected chi connectivity index (χ4v) is 6.10. The van der Waals surface area contributed by atoms with E-state index in [1.807, 2.05) is 25.1 Å². The third-order valence-corrected chi connectivity index (χ3v) is 18.1. The van der Waals surface area contributed by atoms with Crippen molar-refractivity contribution in [1.29, 1.82) is 0 Å². The third-order valence-electron chi connectivity index (χ3n) is 8.00. The van der Waals surface area contributed by atoms with Crippen LogP contribution in [0.15, 0.2) is 36.4 Å². The third kappa shape index (κ3) is 8.91. The summed E-state index contributed by atoms with van der Waals surface area (Å²) in [7, 11) is -3.83. The van der Waals surface area contributed by atoms with Crippen LogP contribution in [0.1, 0.15) is 75.8 Å². The number of aliphatic carboxylic acids is 1. The number of hydrogen-bond donors (Lipinski definition) is 1. The zero-order valence-electron chi connectivity index (χ0n) is 25.3. The van der Waals surface area contributed by atoms with Crippen molar-refractivity contribution < 1.29 is 23.5 Å². The van der Waals surface area contributed by atoms with E-state index < -0.39 is 22.6 Å². The second-order valence-corrected chi connectivity index (χ2v) is 23.7. The monoisotopic (exact) mass is 576 g/mol. The summed E-state index contributed by atoms with van der Waals surface area (Å²) in [5.74, 6) is -0.125.